The molecule has 2 saturated heterocycles. The Morgan fingerprint density at radius 1 is 1.15 bits per heavy atom. The van der Waals surface area contributed by atoms with Gasteiger partial charge in [-0.1, -0.05) is 0 Å². The van der Waals surface area contributed by atoms with E-state index in [2.05, 4.69) is 9.80 Å². The molecular weight excluding hydrogens is 252 g/mol. The second kappa shape index (κ2) is 6.44. The highest BCUT2D eigenvalue weighted by Gasteiger charge is 2.43. The Labute approximate surface area is 122 Å². The summed E-state index contributed by atoms with van der Waals surface area (Å²) in [4.78, 5) is 17.5. The van der Waals surface area contributed by atoms with E-state index in [0.29, 0.717) is 11.8 Å². The molecule has 1 aliphatic carbocycles. The molecule has 3 fully saturated rings. The lowest BCUT2D eigenvalue weighted by Gasteiger charge is -2.37. The Morgan fingerprint density at radius 2 is 1.90 bits per heavy atom. The summed E-state index contributed by atoms with van der Waals surface area (Å²) >= 11 is 0. The van der Waals surface area contributed by atoms with Gasteiger partial charge >= 0.3 is 0 Å². The van der Waals surface area contributed by atoms with Gasteiger partial charge in [-0.15, -0.1) is 0 Å². The minimum atomic E-state index is 0.179. The molecule has 4 nitrogen and oxygen atoms in total. The summed E-state index contributed by atoms with van der Waals surface area (Å²) in [6.07, 6.45) is 7.47. The van der Waals surface area contributed by atoms with Crippen molar-refractivity contribution in [2.75, 3.05) is 32.8 Å². The molecule has 0 N–H and O–H groups in total. The summed E-state index contributed by atoms with van der Waals surface area (Å²) in [5, 5.41) is 0. The molecule has 0 aromatic rings. The third-order valence-corrected chi connectivity index (χ3v) is 4.95. The first-order chi connectivity index (χ1) is 9.79. The van der Waals surface area contributed by atoms with Crippen LogP contribution in [0.5, 0.6) is 0 Å². The molecule has 1 amide bonds. The van der Waals surface area contributed by atoms with E-state index in [9.17, 15) is 4.79 Å². The van der Waals surface area contributed by atoms with Crippen LogP contribution in [-0.2, 0) is 9.53 Å². The second-order valence-electron chi connectivity index (χ2n) is 6.53. The van der Waals surface area contributed by atoms with Gasteiger partial charge in [0, 0.05) is 19.7 Å². The molecule has 2 atom stereocenters. The molecule has 114 valence electrons. The normalized spacial score (nSPS) is 29.6. The van der Waals surface area contributed by atoms with Gasteiger partial charge in [0.05, 0.1) is 12.1 Å². The van der Waals surface area contributed by atoms with E-state index < -0.39 is 0 Å². The van der Waals surface area contributed by atoms with Gasteiger partial charge in [0.15, 0.2) is 0 Å². The van der Waals surface area contributed by atoms with Crippen LogP contribution in [0.15, 0.2) is 0 Å². The molecular formula is C16H28N2O2. The lowest BCUT2D eigenvalue weighted by atomic mass is 10.0. The Kier molecular flexibility index (Phi) is 4.61. The Hall–Kier alpha value is -0.610. The molecule has 1 saturated carbocycles. The van der Waals surface area contributed by atoms with Gasteiger partial charge in [0.2, 0.25) is 5.91 Å². The fourth-order valence-corrected chi connectivity index (χ4v) is 3.78. The monoisotopic (exact) mass is 280 g/mol. The van der Waals surface area contributed by atoms with Gasteiger partial charge < -0.3 is 9.64 Å². The van der Waals surface area contributed by atoms with Crippen LogP contribution in [0.4, 0.5) is 0 Å². The predicted molar refractivity (Wildman–Crippen MR) is 78.5 cm³/mol. The van der Waals surface area contributed by atoms with Crippen LogP contribution in [-0.4, -0.2) is 60.6 Å². The summed E-state index contributed by atoms with van der Waals surface area (Å²) in [5.41, 5.74) is 0. The van der Waals surface area contributed by atoms with Gasteiger partial charge in [-0.25, -0.2) is 0 Å². The number of hydrogen-bond donors (Lipinski definition) is 0. The number of hydrogen-bond acceptors (Lipinski definition) is 3. The molecule has 2 heterocycles. The van der Waals surface area contributed by atoms with Crippen molar-refractivity contribution in [3.8, 4) is 0 Å². The molecule has 3 aliphatic rings. The number of rotatable bonds is 5. The van der Waals surface area contributed by atoms with Crippen LogP contribution in [0.3, 0.4) is 0 Å². The number of ether oxygens (including phenoxy) is 1. The topological polar surface area (TPSA) is 32.8 Å². The molecule has 20 heavy (non-hydrogen) atoms. The zero-order valence-corrected chi connectivity index (χ0v) is 12.7. The second-order valence-corrected chi connectivity index (χ2v) is 6.53. The van der Waals surface area contributed by atoms with Crippen LogP contribution in [0.2, 0.25) is 0 Å². The van der Waals surface area contributed by atoms with E-state index >= 15 is 0 Å². The van der Waals surface area contributed by atoms with E-state index in [0.717, 1.165) is 45.6 Å². The predicted octanol–water partition coefficient (Wildman–Crippen LogP) is 1.89. The Bertz CT molecular complexity index is 335. The van der Waals surface area contributed by atoms with Crippen molar-refractivity contribution in [1.82, 2.24) is 9.80 Å². The number of piperidine rings is 1. The number of amides is 1. The largest absolute Gasteiger partial charge is 0.377 e. The molecule has 0 bridgehead atoms. The fraction of sp³-hybridized carbons (Fsp3) is 0.938. The van der Waals surface area contributed by atoms with Crippen molar-refractivity contribution >= 4 is 5.91 Å². The van der Waals surface area contributed by atoms with Crippen LogP contribution in [0.1, 0.15) is 45.4 Å². The first-order valence-electron chi connectivity index (χ1n) is 8.44. The first-order valence-corrected chi connectivity index (χ1v) is 8.44. The molecule has 0 aromatic carbocycles. The van der Waals surface area contributed by atoms with E-state index in [1.165, 1.54) is 25.7 Å². The van der Waals surface area contributed by atoms with Crippen molar-refractivity contribution in [2.45, 2.75) is 57.6 Å². The number of nitrogens with zero attached hydrogens (tertiary/aromatic N) is 2. The third-order valence-electron chi connectivity index (χ3n) is 4.95. The third kappa shape index (κ3) is 3.17. The highest BCUT2D eigenvalue weighted by Crippen LogP contribution is 2.37. The Morgan fingerprint density at radius 3 is 2.55 bits per heavy atom. The van der Waals surface area contributed by atoms with Crippen molar-refractivity contribution in [3.05, 3.63) is 0 Å². The molecule has 0 unspecified atom stereocenters. The van der Waals surface area contributed by atoms with Gasteiger partial charge in [0.1, 0.15) is 0 Å². The molecule has 3 rings (SSSR count). The van der Waals surface area contributed by atoms with Crippen molar-refractivity contribution in [2.24, 2.45) is 5.92 Å². The van der Waals surface area contributed by atoms with Crippen LogP contribution >= 0.6 is 0 Å². The first kappa shape index (κ1) is 14.3. The van der Waals surface area contributed by atoms with E-state index in [1.54, 1.807) is 0 Å². The minimum Gasteiger partial charge on any atom is -0.377 e. The lowest BCUT2D eigenvalue weighted by Crippen LogP contribution is -2.53. The molecule has 2 aliphatic heterocycles. The van der Waals surface area contributed by atoms with Crippen LogP contribution in [0, 0.1) is 5.92 Å². The van der Waals surface area contributed by atoms with Gasteiger partial charge in [-0.2, -0.15) is 0 Å². The van der Waals surface area contributed by atoms with Crippen LogP contribution < -0.4 is 0 Å². The zero-order valence-electron chi connectivity index (χ0n) is 12.7. The zero-order chi connectivity index (χ0) is 13.9. The highest BCUT2D eigenvalue weighted by atomic mass is 16.5. The van der Waals surface area contributed by atoms with Crippen molar-refractivity contribution < 1.29 is 9.53 Å². The fourth-order valence-electron chi connectivity index (χ4n) is 3.78. The maximum absolute atomic E-state index is 12.9. The summed E-state index contributed by atoms with van der Waals surface area (Å²) in [5.74, 6) is 1.02. The number of likely N-dealkylation sites (tertiary alicyclic amines) is 2. The molecule has 0 aromatic heterocycles. The van der Waals surface area contributed by atoms with E-state index in [4.69, 9.17) is 4.74 Å². The Balaban J connectivity index is 1.63. The standard InChI is InChI=1S/C16H28N2O2/c1-2-20-14-6-5-11-18(12-14)16(19)15(13-7-8-13)17-9-3-4-10-17/h13-15H,2-12H2,1H3/t14-,15-/m1/s1. The molecule has 4 heteroatoms. The molecule has 0 spiro atoms. The number of carbonyl (C=O) groups is 1. The maximum Gasteiger partial charge on any atom is 0.240 e. The van der Waals surface area contributed by atoms with Gasteiger partial charge in [-0.3, -0.25) is 9.69 Å². The van der Waals surface area contributed by atoms with E-state index in [-0.39, 0.29) is 12.1 Å². The van der Waals surface area contributed by atoms with Crippen molar-refractivity contribution in [3.63, 3.8) is 0 Å². The molecule has 0 radical (unpaired) electrons. The van der Waals surface area contributed by atoms with Gasteiger partial charge in [-0.05, 0) is 64.5 Å². The lowest BCUT2D eigenvalue weighted by molar-refractivity contribution is -0.141. The van der Waals surface area contributed by atoms with Crippen LogP contribution in [0.25, 0.3) is 0 Å². The smallest absolute Gasteiger partial charge is 0.240 e. The summed E-state index contributed by atoms with van der Waals surface area (Å²) in [7, 11) is 0. The highest BCUT2D eigenvalue weighted by molar-refractivity contribution is 5.82. The minimum absolute atomic E-state index is 0.179. The summed E-state index contributed by atoms with van der Waals surface area (Å²) in [6, 6.07) is 0.179. The SMILES string of the molecule is CCO[C@@H]1CCCN(C(=O)[C@@H](C2CC2)N2CCCC2)C1. The summed E-state index contributed by atoms with van der Waals surface area (Å²) in [6.45, 7) is 6.78. The maximum atomic E-state index is 12.9. The average Bonchev–Trinajstić information content (AvgIpc) is 3.14. The average molecular weight is 280 g/mol. The quantitative estimate of drug-likeness (QED) is 0.771. The summed E-state index contributed by atoms with van der Waals surface area (Å²) < 4.78 is 5.74. The number of carbonyl (C=O) groups excluding carboxylic acids is 1. The van der Waals surface area contributed by atoms with Crippen molar-refractivity contribution in [1.29, 1.82) is 0 Å². The van der Waals surface area contributed by atoms with Gasteiger partial charge in [0.25, 0.3) is 0 Å². The van der Waals surface area contributed by atoms with E-state index in [1.807, 2.05) is 6.92 Å².